The van der Waals surface area contributed by atoms with Crippen LogP contribution in [0.4, 0.5) is 0 Å². The zero-order valence-corrected chi connectivity index (χ0v) is 18.1. The minimum absolute atomic E-state index is 0.273. The molecule has 0 fully saturated rings. The van der Waals surface area contributed by atoms with Crippen LogP contribution < -0.4 is 14.8 Å². The maximum absolute atomic E-state index is 12.4. The van der Waals surface area contributed by atoms with Crippen molar-refractivity contribution in [2.24, 2.45) is 0 Å². The van der Waals surface area contributed by atoms with Crippen LogP contribution in [0.15, 0.2) is 65.3 Å². The van der Waals surface area contributed by atoms with Crippen LogP contribution in [0.25, 0.3) is 10.9 Å². The van der Waals surface area contributed by atoms with Crippen molar-refractivity contribution in [2.45, 2.75) is 19.5 Å². The van der Waals surface area contributed by atoms with Gasteiger partial charge in [-0.25, -0.2) is 4.79 Å². The highest BCUT2D eigenvalue weighted by Gasteiger charge is 2.23. The second-order valence-corrected chi connectivity index (χ2v) is 7.46. The van der Waals surface area contributed by atoms with Gasteiger partial charge in [0.05, 0.1) is 26.0 Å². The number of rotatable bonds is 10. The van der Waals surface area contributed by atoms with E-state index in [1.54, 1.807) is 20.5 Å². The van der Waals surface area contributed by atoms with Crippen LogP contribution in [0.5, 0.6) is 11.5 Å². The molecule has 2 heterocycles. The van der Waals surface area contributed by atoms with Crippen LogP contribution in [0, 0.1) is 0 Å². The number of benzene rings is 2. The molecule has 7 heteroatoms. The van der Waals surface area contributed by atoms with Gasteiger partial charge in [0.2, 0.25) is 0 Å². The normalized spacial score (nSPS) is 11.1. The van der Waals surface area contributed by atoms with Gasteiger partial charge in [-0.15, -0.1) is 0 Å². The van der Waals surface area contributed by atoms with E-state index in [1.165, 1.54) is 0 Å². The van der Waals surface area contributed by atoms with E-state index >= 15 is 0 Å². The summed E-state index contributed by atoms with van der Waals surface area (Å²) in [4.78, 5) is 12.4. The third-order valence-corrected chi connectivity index (χ3v) is 5.51. The standard InChI is InChI=1S/C25H26N2O5/c1-30-18-7-5-17(6-8-18)16-27-23-14-20(31-2)9-10-21(23)22(24(27)25(28)29)15-26-12-11-19-4-3-13-32-19/h3-10,13-14,26H,11-12,15-16H2,1-2H3,(H,28,29). The molecule has 0 bridgehead atoms. The molecule has 0 atom stereocenters. The van der Waals surface area contributed by atoms with Crippen LogP contribution in [-0.2, 0) is 19.5 Å². The number of hydrogen-bond donors (Lipinski definition) is 2. The Labute approximate surface area is 186 Å². The summed E-state index contributed by atoms with van der Waals surface area (Å²) in [6.07, 6.45) is 2.38. The van der Waals surface area contributed by atoms with Gasteiger partial charge < -0.3 is 28.9 Å². The summed E-state index contributed by atoms with van der Waals surface area (Å²) in [5, 5.41) is 14.4. The predicted octanol–water partition coefficient (Wildman–Crippen LogP) is 4.33. The maximum Gasteiger partial charge on any atom is 0.352 e. The summed E-state index contributed by atoms with van der Waals surface area (Å²) in [5.41, 5.74) is 2.82. The number of fused-ring (bicyclic) bond motifs is 1. The Balaban J connectivity index is 1.69. The number of carbonyl (C=O) groups is 1. The average molecular weight is 434 g/mol. The third-order valence-electron chi connectivity index (χ3n) is 5.51. The Bertz CT molecular complexity index is 1190. The molecule has 0 saturated heterocycles. The number of carboxylic acid groups (broad SMARTS) is 1. The number of aromatic carboxylic acids is 1. The molecule has 0 aliphatic carbocycles. The van der Waals surface area contributed by atoms with E-state index in [2.05, 4.69) is 5.32 Å². The van der Waals surface area contributed by atoms with Crippen molar-refractivity contribution in [3.05, 3.63) is 83.4 Å². The zero-order chi connectivity index (χ0) is 22.5. The molecule has 32 heavy (non-hydrogen) atoms. The quantitative estimate of drug-likeness (QED) is 0.361. The van der Waals surface area contributed by atoms with Gasteiger partial charge in [-0.3, -0.25) is 0 Å². The number of furan rings is 1. The van der Waals surface area contributed by atoms with Crippen molar-refractivity contribution < 1.29 is 23.8 Å². The lowest BCUT2D eigenvalue weighted by Gasteiger charge is -2.11. The number of nitrogens with zero attached hydrogens (tertiary/aromatic N) is 1. The van der Waals surface area contributed by atoms with Gasteiger partial charge in [0.15, 0.2) is 0 Å². The van der Waals surface area contributed by atoms with Gasteiger partial charge in [-0.05, 0) is 42.0 Å². The van der Waals surface area contributed by atoms with Gasteiger partial charge in [-0.2, -0.15) is 0 Å². The van der Waals surface area contributed by atoms with E-state index in [4.69, 9.17) is 13.9 Å². The molecule has 2 aromatic heterocycles. The lowest BCUT2D eigenvalue weighted by atomic mass is 10.1. The highest BCUT2D eigenvalue weighted by atomic mass is 16.5. The molecule has 2 aromatic carbocycles. The highest BCUT2D eigenvalue weighted by Crippen LogP contribution is 2.31. The molecule has 4 rings (SSSR count). The first-order valence-corrected chi connectivity index (χ1v) is 10.4. The van der Waals surface area contributed by atoms with Crippen molar-refractivity contribution in [2.75, 3.05) is 20.8 Å². The molecule has 7 nitrogen and oxygen atoms in total. The Hall–Kier alpha value is -3.71. The number of ether oxygens (including phenoxy) is 2. The lowest BCUT2D eigenvalue weighted by molar-refractivity contribution is 0.0684. The Morgan fingerprint density at radius 3 is 2.47 bits per heavy atom. The van der Waals surface area contributed by atoms with Crippen LogP contribution in [0.1, 0.15) is 27.4 Å². The summed E-state index contributed by atoms with van der Waals surface area (Å²) >= 11 is 0. The van der Waals surface area contributed by atoms with Gasteiger partial charge in [0.1, 0.15) is 23.0 Å². The summed E-state index contributed by atoms with van der Waals surface area (Å²) in [5.74, 6) is 1.37. The van der Waals surface area contributed by atoms with Gasteiger partial charge in [0, 0.05) is 43.1 Å². The average Bonchev–Trinajstić information content (AvgIpc) is 3.43. The first kappa shape index (κ1) is 21.5. The van der Waals surface area contributed by atoms with Gasteiger partial charge >= 0.3 is 5.97 Å². The molecule has 4 aromatic rings. The van der Waals surface area contributed by atoms with E-state index in [1.807, 2.05) is 59.2 Å². The van der Waals surface area contributed by atoms with Crippen molar-refractivity contribution in [3.8, 4) is 11.5 Å². The molecule has 0 saturated carbocycles. The van der Waals surface area contributed by atoms with Gasteiger partial charge in [0.25, 0.3) is 0 Å². The first-order valence-electron chi connectivity index (χ1n) is 10.4. The Morgan fingerprint density at radius 1 is 1.06 bits per heavy atom. The summed E-state index contributed by atoms with van der Waals surface area (Å²) in [7, 11) is 3.22. The molecular formula is C25H26N2O5. The zero-order valence-electron chi connectivity index (χ0n) is 18.1. The molecule has 0 unspecified atom stereocenters. The highest BCUT2D eigenvalue weighted by molar-refractivity contribution is 5.98. The maximum atomic E-state index is 12.4. The van der Waals surface area contributed by atoms with Crippen LogP contribution in [-0.4, -0.2) is 36.4 Å². The fourth-order valence-electron chi connectivity index (χ4n) is 3.91. The van der Waals surface area contributed by atoms with E-state index in [0.29, 0.717) is 25.4 Å². The number of aromatic nitrogens is 1. The minimum Gasteiger partial charge on any atom is -0.497 e. The molecule has 2 N–H and O–H groups in total. The smallest absolute Gasteiger partial charge is 0.352 e. The van der Waals surface area contributed by atoms with E-state index in [-0.39, 0.29) is 5.69 Å². The Morgan fingerprint density at radius 2 is 1.81 bits per heavy atom. The summed E-state index contributed by atoms with van der Waals surface area (Å²) in [6.45, 7) is 1.52. The molecule has 0 aliphatic rings. The monoisotopic (exact) mass is 434 g/mol. The number of carboxylic acids is 1. The molecule has 0 aliphatic heterocycles. The first-order chi connectivity index (χ1) is 15.6. The fraction of sp³-hybridized carbons (Fsp3) is 0.240. The molecule has 166 valence electrons. The predicted molar refractivity (Wildman–Crippen MR) is 122 cm³/mol. The number of nitrogens with one attached hydrogen (secondary N) is 1. The molecule has 0 spiro atoms. The fourth-order valence-corrected chi connectivity index (χ4v) is 3.91. The SMILES string of the molecule is COc1ccc(Cn2c(C(=O)O)c(CNCCc3ccco3)c3ccc(OC)cc32)cc1. The van der Waals surface area contributed by atoms with Crippen LogP contribution in [0.2, 0.25) is 0 Å². The largest absolute Gasteiger partial charge is 0.497 e. The second-order valence-electron chi connectivity index (χ2n) is 7.46. The summed E-state index contributed by atoms with van der Waals surface area (Å²) in [6, 6.07) is 17.1. The van der Waals surface area contributed by atoms with E-state index in [9.17, 15) is 9.90 Å². The Kier molecular flexibility index (Phi) is 6.47. The van der Waals surface area contributed by atoms with Crippen LogP contribution >= 0.6 is 0 Å². The second kappa shape index (κ2) is 9.62. The molecular weight excluding hydrogens is 408 g/mol. The number of methoxy groups -OCH3 is 2. The van der Waals surface area contributed by atoms with Crippen molar-refractivity contribution in [1.82, 2.24) is 9.88 Å². The third kappa shape index (κ3) is 4.48. The topological polar surface area (TPSA) is 85.9 Å². The number of hydrogen-bond acceptors (Lipinski definition) is 5. The van der Waals surface area contributed by atoms with E-state index < -0.39 is 5.97 Å². The van der Waals surface area contributed by atoms with Crippen molar-refractivity contribution in [3.63, 3.8) is 0 Å². The van der Waals surface area contributed by atoms with Crippen molar-refractivity contribution >= 4 is 16.9 Å². The molecule has 0 radical (unpaired) electrons. The lowest BCUT2D eigenvalue weighted by Crippen LogP contribution is -2.19. The molecule has 0 amide bonds. The summed E-state index contributed by atoms with van der Waals surface area (Å²) < 4.78 is 17.8. The van der Waals surface area contributed by atoms with Gasteiger partial charge in [-0.1, -0.05) is 12.1 Å². The van der Waals surface area contributed by atoms with Crippen LogP contribution in [0.3, 0.4) is 0 Å². The van der Waals surface area contributed by atoms with Crippen molar-refractivity contribution in [1.29, 1.82) is 0 Å². The minimum atomic E-state index is -0.962. The van der Waals surface area contributed by atoms with E-state index in [0.717, 1.165) is 40.0 Å².